The van der Waals surface area contributed by atoms with Gasteiger partial charge in [0.25, 0.3) is 5.91 Å². The molecule has 29 heavy (non-hydrogen) atoms. The highest BCUT2D eigenvalue weighted by Gasteiger charge is 2.51. The molecule has 1 heterocycles. The van der Waals surface area contributed by atoms with Crippen LogP contribution < -0.4 is 0 Å². The molecule has 0 N–H and O–H groups in total. The Bertz CT molecular complexity index is 797. The topological polar surface area (TPSA) is 40.6 Å². The van der Waals surface area contributed by atoms with Gasteiger partial charge in [0.2, 0.25) is 5.91 Å². The van der Waals surface area contributed by atoms with E-state index in [1.54, 1.807) is 23.1 Å². The minimum atomic E-state index is -0.0835. The van der Waals surface area contributed by atoms with E-state index in [0.29, 0.717) is 54.1 Å². The second kappa shape index (κ2) is 7.46. The van der Waals surface area contributed by atoms with Gasteiger partial charge in [0.1, 0.15) is 0 Å². The van der Waals surface area contributed by atoms with Gasteiger partial charge in [0.05, 0.1) is 10.6 Å². The van der Waals surface area contributed by atoms with Gasteiger partial charge in [-0.05, 0) is 79.9 Å². The molecule has 2 amide bonds. The van der Waals surface area contributed by atoms with Crippen molar-refractivity contribution < 1.29 is 9.59 Å². The van der Waals surface area contributed by atoms with E-state index in [-0.39, 0.29) is 11.3 Å². The average Bonchev–Trinajstić information content (AvgIpc) is 2.66. The first-order valence-electron chi connectivity index (χ1n) is 10.9. The van der Waals surface area contributed by atoms with Gasteiger partial charge in [-0.15, -0.1) is 0 Å². The number of hydrogen-bond acceptors (Lipinski definition) is 2. The molecule has 4 saturated carbocycles. The van der Waals surface area contributed by atoms with Crippen molar-refractivity contribution in [2.75, 3.05) is 26.2 Å². The summed E-state index contributed by atoms with van der Waals surface area (Å²) in [6.45, 7) is 2.35. The molecule has 0 atom stereocenters. The van der Waals surface area contributed by atoms with Gasteiger partial charge in [-0.25, -0.2) is 0 Å². The maximum absolute atomic E-state index is 13.1. The molecule has 6 heteroatoms. The SMILES string of the molecule is O=C(CC12CC3CC(CC(C3)C1)C2)N1CCN(C(=O)c2ccc(Cl)cc2Cl)CC1. The molecule has 0 spiro atoms. The van der Waals surface area contributed by atoms with Crippen molar-refractivity contribution in [1.82, 2.24) is 9.80 Å². The van der Waals surface area contributed by atoms with Gasteiger partial charge >= 0.3 is 0 Å². The van der Waals surface area contributed by atoms with E-state index in [9.17, 15) is 9.59 Å². The summed E-state index contributed by atoms with van der Waals surface area (Å²) in [6.07, 6.45) is 8.71. The molecule has 4 aliphatic carbocycles. The Morgan fingerprint density at radius 2 is 1.45 bits per heavy atom. The van der Waals surface area contributed by atoms with E-state index in [4.69, 9.17) is 23.2 Å². The fraction of sp³-hybridized carbons (Fsp3) is 0.652. The van der Waals surface area contributed by atoms with Crippen LogP contribution in [0.1, 0.15) is 55.3 Å². The monoisotopic (exact) mass is 434 g/mol. The summed E-state index contributed by atoms with van der Waals surface area (Å²) in [5.41, 5.74) is 0.750. The van der Waals surface area contributed by atoms with Gasteiger partial charge in [-0.2, -0.15) is 0 Å². The van der Waals surface area contributed by atoms with Crippen LogP contribution in [0.15, 0.2) is 18.2 Å². The number of rotatable bonds is 3. The molecule has 1 aromatic carbocycles. The largest absolute Gasteiger partial charge is 0.339 e. The Morgan fingerprint density at radius 1 is 0.897 bits per heavy atom. The van der Waals surface area contributed by atoms with Crippen LogP contribution in [0, 0.1) is 23.2 Å². The Kier molecular flexibility index (Phi) is 5.06. The zero-order valence-electron chi connectivity index (χ0n) is 16.7. The number of piperazine rings is 1. The minimum Gasteiger partial charge on any atom is -0.339 e. The number of nitrogens with zero attached hydrogens (tertiary/aromatic N) is 2. The van der Waals surface area contributed by atoms with Gasteiger partial charge < -0.3 is 9.80 Å². The average molecular weight is 435 g/mol. The number of carbonyl (C=O) groups excluding carboxylic acids is 2. The lowest BCUT2D eigenvalue weighted by Crippen LogP contribution is -2.53. The van der Waals surface area contributed by atoms with Gasteiger partial charge in [0, 0.05) is 37.6 Å². The second-order valence-corrected chi connectivity index (χ2v) is 10.7. The van der Waals surface area contributed by atoms with E-state index >= 15 is 0 Å². The molecule has 0 radical (unpaired) electrons. The third-order valence-electron chi connectivity index (χ3n) is 7.77. The van der Waals surface area contributed by atoms with Crippen molar-refractivity contribution in [3.63, 3.8) is 0 Å². The Balaban J connectivity index is 1.19. The molecule has 156 valence electrons. The van der Waals surface area contributed by atoms with Crippen molar-refractivity contribution in [3.8, 4) is 0 Å². The number of benzene rings is 1. The van der Waals surface area contributed by atoms with E-state index in [1.165, 1.54) is 38.5 Å². The van der Waals surface area contributed by atoms with Crippen LogP contribution in [0.2, 0.25) is 10.0 Å². The maximum atomic E-state index is 13.1. The van der Waals surface area contributed by atoms with E-state index in [0.717, 1.165) is 17.8 Å². The van der Waals surface area contributed by atoms with Crippen molar-refractivity contribution in [2.45, 2.75) is 44.9 Å². The molecular formula is C23H28Cl2N2O2. The van der Waals surface area contributed by atoms with Crippen LogP contribution in [0.25, 0.3) is 0 Å². The molecule has 0 aromatic heterocycles. The quantitative estimate of drug-likeness (QED) is 0.679. The Hall–Kier alpha value is -1.26. The predicted molar refractivity (Wildman–Crippen MR) is 114 cm³/mol. The van der Waals surface area contributed by atoms with Crippen LogP contribution in [-0.4, -0.2) is 47.8 Å². The van der Waals surface area contributed by atoms with Crippen molar-refractivity contribution in [1.29, 1.82) is 0 Å². The molecule has 6 rings (SSSR count). The van der Waals surface area contributed by atoms with Crippen LogP contribution in [0.3, 0.4) is 0 Å². The number of amides is 2. The normalized spacial score (nSPS) is 33.2. The van der Waals surface area contributed by atoms with Crippen molar-refractivity contribution in [3.05, 3.63) is 33.8 Å². The lowest BCUT2D eigenvalue weighted by Gasteiger charge is -2.57. The highest BCUT2D eigenvalue weighted by atomic mass is 35.5. The second-order valence-electron chi connectivity index (χ2n) is 9.89. The smallest absolute Gasteiger partial charge is 0.255 e. The van der Waals surface area contributed by atoms with Crippen LogP contribution in [0.4, 0.5) is 0 Å². The molecule has 1 aromatic rings. The fourth-order valence-electron chi connectivity index (χ4n) is 6.93. The number of hydrogen-bond donors (Lipinski definition) is 0. The van der Waals surface area contributed by atoms with Gasteiger partial charge in [-0.1, -0.05) is 23.2 Å². The molecule has 1 aliphatic heterocycles. The molecule has 5 aliphatic rings. The first kappa shape index (κ1) is 19.7. The third-order valence-corrected chi connectivity index (χ3v) is 8.32. The highest BCUT2D eigenvalue weighted by molar-refractivity contribution is 6.36. The summed E-state index contributed by atoms with van der Waals surface area (Å²) in [6, 6.07) is 4.96. The third kappa shape index (κ3) is 3.79. The standard InChI is InChI=1S/C23H28Cl2N2O2/c24-18-1-2-19(20(25)10-18)22(29)27-5-3-26(4-6-27)21(28)14-23-11-15-7-16(12-23)9-17(8-15)13-23/h1-2,10,15-17H,3-9,11-14H2. The van der Waals surface area contributed by atoms with E-state index in [2.05, 4.69) is 0 Å². The summed E-state index contributed by atoms with van der Waals surface area (Å²) < 4.78 is 0. The highest BCUT2D eigenvalue weighted by Crippen LogP contribution is 2.61. The minimum absolute atomic E-state index is 0.0835. The number of carbonyl (C=O) groups is 2. The summed E-state index contributed by atoms with van der Waals surface area (Å²) in [5, 5.41) is 0.898. The lowest BCUT2D eigenvalue weighted by molar-refractivity contribution is -0.141. The van der Waals surface area contributed by atoms with Crippen LogP contribution >= 0.6 is 23.2 Å². The summed E-state index contributed by atoms with van der Waals surface area (Å²) in [5.74, 6) is 2.82. The maximum Gasteiger partial charge on any atom is 0.255 e. The summed E-state index contributed by atoms with van der Waals surface area (Å²) in [4.78, 5) is 29.7. The lowest BCUT2D eigenvalue weighted by atomic mass is 9.49. The first-order valence-corrected chi connectivity index (χ1v) is 11.7. The molecule has 5 fully saturated rings. The van der Waals surface area contributed by atoms with Crippen molar-refractivity contribution in [2.24, 2.45) is 23.2 Å². The number of halogens is 2. The predicted octanol–water partition coefficient (Wildman–Crippen LogP) is 4.88. The molecule has 0 unspecified atom stereocenters. The fourth-order valence-corrected chi connectivity index (χ4v) is 7.42. The first-order chi connectivity index (χ1) is 13.9. The van der Waals surface area contributed by atoms with E-state index < -0.39 is 0 Å². The van der Waals surface area contributed by atoms with Gasteiger partial charge in [0.15, 0.2) is 0 Å². The molecule has 1 saturated heterocycles. The summed E-state index contributed by atoms with van der Waals surface area (Å²) >= 11 is 12.1. The zero-order valence-corrected chi connectivity index (χ0v) is 18.2. The van der Waals surface area contributed by atoms with Crippen LogP contribution in [-0.2, 0) is 4.79 Å². The van der Waals surface area contributed by atoms with Gasteiger partial charge in [-0.3, -0.25) is 9.59 Å². The Labute approximate surface area is 182 Å². The van der Waals surface area contributed by atoms with Crippen LogP contribution in [0.5, 0.6) is 0 Å². The molecular weight excluding hydrogens is 407 g/mol. The van der Waals surface area contributed by atoms with E-state index in [1.807, 2.05) is 4.90 Å². The Morgan fingerprint density at radius 3 is 2.00 bits per heavy atom. The van der Waals surface area contributed by atoms with Crippen molar-refractivity contribution >= 4 is 35.0 Å². The summed E-state index contributed by atoms with van der Waals surface area (Å²) in [7, 11) is 0. The molecule has 4 nitrogen and oxygen atoms in total. The molecule has 4 bridgehead atoms. The zero-order chi connectivity index (χ0) is 20.2.